The summed E-state index contributed by atoms with van der Waals surface area (Å²) in [5, 5.41) is 17.9. The monoisotopic (exact) mass is 360 g/mol. The first-order chi connectivity index (χ1) is 9.79. The fourth-order valence-corrected chi connectivity index (χ4v) is 1.81. The second-order valence-electron chi connectivity index (χ2n) is 4.03. The number of carbonyl (C=O) groups excluding carboxylic acids is 1. The van der Waals surface area contributed by atoms with Crippen LogP contribution in [-0.4, -0.2) is 50.9 Å². The van der Waals surface area contributed by atoms with Gasteiger partial charge in [-0.15, -0.1) is 0 Å². The number of amides is 1. The van der Waals surface area contributed by atoms with Gasteiger partial charge in [-0.25, -0.2) is 4.79 Å². The number of nitrogens with two attached hydrogens (primary N) is 1. The zero-order valence-corrected chi connectivity index (χ0v) is 13.8. The van der Waals surface area contributed by atoms with Crippen LogP contribution < -0.4 is 16.0 Å². The van der Waals surface area contributed by atoms with E-state index in [0.29, 0.717) is 12.1 Å². The van der Waals surface area contributed by atoms with Crippen LogP contribution in [0, 0.1) is 5.41 Å². The van der Waals surface area contributed by atoms with Crippen molar-refractivity contribution in [2.75, 3.05) is 11.9 Å². The molecule has 7 nitrogen and oxygen atoms in total. The molecule has 1 rings (SSSR count). The van der Waals surface area contributed by atoms with Gasteiger partial charge in [0.1, 0.15) is 0 Å². The standard InChI is InChI=1S/C8H9NO2.C5H11N3OSe/c1-9(8(10)11)7-5-3-2-4-6-7;1-2-3(4(9)10)8-5(6)7/h2-6H,1H3,(H,10,11);3H,2H2,1H3,(H,9,10)(H4,6,7,8). The van der Waals surface area contributed by atoms with Crippen molar-refractivity contribution in [2.45, 2.75) is 19.4 Å². The molecule has 116 valence electrons. The number of anilines is 1. The summed E-state index contributed by atoms with van der Waals surface area (Å²) in [6, 6.07) is 8.61. The van der Waals surface area contributed by atoms with Crippen LogP contribution in [0.1, 0.15) is 13.3 Å². The SMILES string of the molecule is CCC(NC(=N)N)C(=O)[SeH].CN(C(=O)O)c1ccccc1. The van der Waals surface area contributed by atoms with Crippen molar-refractivity contribution >= 4 is 38.4 Å². The van der Waals surface area contributed by atoms with Crippen LogP contribution in [0.5, 0.6) is 0 Å². The Morgan fingerprint density at radius 3 is 2.24 bits per heavy atom. The molecule has 0 spiro atoms. The maximum absolute atomic E-state index is 10.7. The molecule has 0 aliphatic carbocycles. The van der Waals surface area contributed by atoms with Crippen LogP contribution in [0.25, 0.3) is 0 Å². The summed E-state index contributed by atoms with van der Waals surface area (Å²) in [5.74, 6) is -0.161. The fourth-order valence-electron chi connectivity index (χ4n) is 1.29. The van der Waals surface area contributed by atoms with Gasteiger partial charge >= 0.3 is 73.4 Å². The second kappa shape index (κ2) is 9.79. The molecule has 0 heterocycles. The first-order valence-electron chi connectivity index (χ1n) is 6.14. The van der Waals surface area contributed by atoms with Crippen molar-refractivity contribution in [1.82, 2.24) is 5.32 Å². The minimum Gasteiger partial charge on any atom is -0.465 e. The van der Waals surface area contributed by atoms with Crippen LogP contribution in [0.15, 0.2) is 30.3 Å². The van der Waals surface area contributed by atoms with Gasteiger partial charge in [0.15, 0.2) is 0 Å². The van der Waals surface area contributed by atoms with E-state index in [2.05, 4.69) is 5.32 Å². The van der Waals surface area contributed by atoms with Gasteiger partial charge in [-0.1, -0.05) is 18.2 Å². The van der Waals surface area contributed by atoms with E-state index in [-0.39, 0.29) is 16.7 Å². The van der Waals surface area contributed by atoms with Gasteiger partial charge < -0.3 is 5.11 Å². The number of hydrogen-bond acceptors (Lipinski definition) is 3. The summed E-state index contributed by atoms with van der Waals surface area (Å²) in [5.41, 5.74) is 5.70. The van der Waals surface area contributed by atoms with Crippen molar-refractivity contribution in [1.29, 1.82) is 5.41 Å². The molecule has 5 N–H and O–H groups in total. The number of rotatable bonds is 4. The summed E-state index contributed by atoms with van der Waals surface area (Å²) < 4.78 is -0.0507. The molecule has 1 unspecified atom stereocenters. The third-order valence-electron chi connectivity index (χ3n) is 2.47. The first kappa shape index (κ1) is 18.9. The third-order valence-corrected chi connectivity index (χ3v) is 3.12. The zero-order valence-electron chi connectivity index (χ0n) is 11.9. The van der Waals surface area contributed by atoms with Crippen LogP contribution in [0.2, 0.25) is 0 Å². The summed E-state index contributed by atoms with van der Waals surface area (Å²) in [6.45, 7) is 1.85. The number of carbonyl (C=O) groups is 2. The van der Waals surface area contributed by atoms with Crippen LogP contribution in [-0.2, 0) is 4.79 Å². The number of nitrogens with zero attached hydrogens (tertiary/aromatic N) is 1. The average molecular weight is 359 g/mol. The van der Waals surface area contributed by atoms with E-state index in [1.165, 1.54) is 11.9 Å². The van der Waals surface area contributed by atoms with Crippen molar-refractivity contribution in [2.24, 2.45) is 5.73 Å². The molecule has 1 aromatic carbocycles. The Morgan fingerprint density at radius 2 is 1.95 bits per heavy atom. The molecule has 0 saturated heterocycles. The molecule has 0 radical (unpaired) electrons. The molecule has 0 aliphatic heterocycles. The second-order valence-corrected chi connectivity index (χ2v) is 4.96. The van der Waals surface area contributed by atoms with Crippen LogP contribution >= 0.6 is 0 Å². The molecule has 1 atom stereocenters. The van der Waals surface area contributed by atoms with E-state index in [1.807, 2.05) is 29.0 Å². The molecule has 1 aromatic rings. The molecule has 0 aliphatic rings. The van der Waals surface area contributed by atoms with Crippen LogP contribution in [0.4, 0.5) is 10.5 Å². The van der Waals surface area contributed by atoms with Gasteiger partial charge in [-0.2, -0.15) is 0 Å². The molecule has 0 fully saturated rings. The minimum atomic E-state index is -0.948. The van der Waals surface area contributed by atoms with Gasteiger partial charge in [0.2, 0.25) is 0 Å². The molecule has 1 amide bonds. The van der Waals surface area contributed by atoms with E-state index in [0.717, 1.165) is 0 Å². The van der Waals surface area contributed by atoms with Gasteiger partial charge in [0.05, 0.1) is 0 Å². The summed E-state index contributed by atoms with van der Waals surface area (Å²) in [6.07, 6.45) is -0.302. The topological polar surface area (TPSA) is 120 Å². The van der Waals surface area contributed by atoms with Crippen molar-refractivity contribution in [3.8, 4) is 0 Å². The van der Waals surface area contributed by atoms with Crippen molar-refractivity contribution < 1.29 is 14.7 Å². The van der Waals surface area contributed by atoms with Crippen molar-refractivity contribution in [3.63, 3.8) is 0 Å². The Bertz CT molecular complexity index is 482. The Hall–Kier alpha value is -2.05. The van der Waals surface area contributed by atoms with E-state index in [1.54, 1.807) is 24.3 Å². The van der Waals surface area contributed by atoms with E-state index < -0.39 is 6.09 Å². The quantitative estimate of drug-likeness (QED) is 0.354. The Balaban J connectivity index is 0.000000384. The maximum atomic E-state index is 10.7. The van der Waals surface area contributed by atoms with E-state index in [4.69, 9.17) is 16.2 Å². The summed E-state index contributed by atoms with van der Waals surface area (Å²) in [7, 11) is 1.51. The Morgan fingerprint density at radius 1 is 1.43 bits per heavy atom. The van der Waals surface area contributed by atoms with E-state index >= 15 is 0 Å². The molecular weight excluding hydrogens is 339 g/mol. The predicted octanol–water partition coefficient (Wildman–Crippen LogP) is 0.476. The molecular formula is C13H20N4O3Se. The third kappa shape index (κ3) is 7.96. The fraction of sp³-hybridized carbons (Fsp3) is 0.308. The molecule has 0 aromatic heterocycles. The molecule has 0 bridgehead atoms. The largest absolute Gasteiger partial charge is 0.465 e. The molecule has 0 saturated carbocycles. The van der Waals surface area contributed by atoms with Gasteiger partial charge in [0.25, 0.3) is 0 Å². The van der Waals surface area contributed by atoms with Crippen molar-refractivity contribution in [3.05, 3.63) is 30.3 Å². The zero-order chi connectivity index (χ0) is 16.4. The first-order valence-corrected chi connectivity index (χ1v) is 7.08. The van der Waals surface area contributed by atoms with Crippen LogP contribution in [0.3, 0.4) is 0 Å². The number of hydrogen-bond donors (Lipinski definition) is 4. The molecule has 21 heavy (non-hydrogen) atoms. The number of carboxylic acid groups (broad SMARTS) is 1. The van der Waals surface area contributed by atoms with Gasteiger partial charge in [-0.05, 0) is 12.1 Å². The number of guanidine groups is 1. The summed E-state index contributed by atoms with van der Waals surface area (Å²) in [4.78, 5) is 22.3. The molecule has 8 heteroatoms. The van der Waals surface area contributed by atoms with E-state index in [9.17, 15) is 9.59 Å². The number of para-hydroxylation sites is 1. The maximum Gasteiger partial charge on any atom is 0.411 e. The average Bonchev–Trinajstić information content (AvgIpc) is 2.45. The van der Waals surface area contributed by atoms with Gasteiger partial charge in [0, 0.05) is 12.7 Å². The predicted molar refractivity (Wildman–Crippen MR) is 84.2 cm³/mol. The Kier molecular flexibility index (Phi) is 8.83. The number of benzene rings is 1. The van der Waals surface area contributed by atoms with Gasteiger partial charge in [-0.3, -0.25) is 4.90 Å². The minimum absolute atomic E-state index is 0.0507. The Labute approximate surface area is 131 Å². The summed E-state index contributed by atoms with van der Waals surface area (Å²) >= 11 is 1.91. The smallest absolute Gasteiger partial charge is 0.411 e. The number of nitrogens with one attached hydrogen (secondary N) is 2. The normalized spacial score (nSPS) is 10.6.